The molecular formula is C14H19F2N3O2. The van der Waals surface area contributed by atoms with Crippen LogP contribution in [0.5, 0.6) is 0 Å². The number of piperidine rings is 1. The average Bonchev–Trinajstić information content (AvgIpc) is 2.46. The second-order valence-corrected chi connectivity index (χ2v) is 5.27. The van der Waals surface area contributed by atoms with Crippen LogP contribution in [0.1, 0.15) is 19.8 Å². The fraction of sp³-hybridized carbons (Fsp3) is 0.571. The lowest BCUT2D eigenvalue weighted by Crippen LogP contribution is -2.39. The van der Waals surface area contributed by atoms with Gasteiger partial charge in [0.15, 0.2) is 11.6 Å². The zero-order valence-electron chi connectivity index (χ0n) is 11.9. The van der Waals surface area contributed by atoms with Gasteiger partial charge in [0.05, 0.1) is 17.1 Å². The monoisotopic (exact) mass is 299 g/mol. The number of non-ortho nitro benzene ring substituents is 1. The van der Waals surface area contributed by atoms with E-state index < -0.39 is 22.2 Å². The summed E-state index contributed by atoms with van der Waals surface area (Å²) in [6.07, 6.45) is 2.06. The van der Waals surface area contributed by atoms with E-state index in [2.05, 4.69) is 5.32 Å². The molecule has 1 unspecified atom stereocenters. The Bertz CT molecular complexity index is 496. The fourth-order valence-electron chi connectivity index (χ4n) is 2.73. The first-order valence-electron chi connectivity index (χ1n) is 7.12. The summed E-state index contributed by atoms with van der Waals surface area (Å²) < 4.78 is 28.1. The van der Waals surface area contributed by atoms with Gasteiger partial charge >= 0.3 is 0 Å². The average molecular weight is 299 g/mol. The second kappa shape index (κ2) is 6.80. The van der Waals surface area contributed by atoms with Crippen LogP contribution >= 0.6 is 0 Å². The second-order valence-electron chi connectivity index (χ2n) is 5.27. The van der Waals surface area contributed by atoms with Crippen molar-refractivity contribution in [2.45, 2.75) is 19.8 Å². The van der Waals surface area contributed by atoms with Crippen LogP contribution in [0, 0.1) is 27.7 Å². The van der Waals surface area contributed by atoms with E-state index in [0.717, 1.165) is 38.1 Å². The predicted molar refractivity (Wildman–Crippen MR) is 76.5 cm³/mol. The van der Waals surface area contributed by atoms with Gasteiger partial charge < -0.3 is 10.2 Å². The zero-order chi connectivity index (χ0) is 15.4. The third kappa shape index (κ3) is 3.66. The van der Waals surface area contributed by atoms with Crippen molar-refractivity contribution < 1.29 is 13.7 Å². The van der Waals surface area contributed by atoms with E-state index in [1.165, 1.54) is 0 Å². The first-order chi connectivity index (χ1) is 10.0. The number of rotatable bonds is 5. The first kappa shape index (κ1) is 15.6. The van der Waals surface area contributed by atoms with Crippen LogP contribution in [0.2, 0.25) is 0 Å². The molecule has 0 aromatic heterocycles. The van der Waals surface area contributed by atoms with Crippen molar-refractivity contribution in [2.75, 3.05) is 31.1 Å². The van der Waals surface area contributed by atoms with Gasteiger partial charge in [-0.25, -0.2) is 8.78 Å². The number of nitro groups is 1. The summed E-state index contributed by atoms with van der Waals surface area (Å²) in [4.78, 5) is 11.4. The minimum Gasteiger partial charge on any atom is -0.367 e. The Morgan fingerprint density at radius 1 is 1.43 bits per heavy atom. The van der Waals surface area contributed by atoms with Crippen molar-refractivity contribution in [3.05, 3.63) is 33.9 Å². The number of halogens is 2. The predicted octanol–water partition coefficient (Wildman–Crippen LogP) is 2.70. The molecule has 1 saturated heterocycles. The van der Waals surface area contributed by atoms with Gasteiger partial charge in [0.2, 0.25) is 0 Å². The molecule has 1 fully saturated rings. The Morgan fingerprint density at radius 2 is 2.10 bits per heavy atom. The highest BCUT2D eigenvalue weighted by molar-refractivity contribution is 5.53. The van der Waals surface area contributed by atoms with Gasteiger partial charge in [-0.1, -0.05) is 0 Å². The molecule has 5 nitrogen and oxygen atoms in total. The van der Waals surface area contributed by atoms with Crippen LogP contribution in [0.4, 0.5) is 20.2 Å². The molecule has 1 aliphatic heterocycles. The number of hydrogen-bond donors (Lipinski definition) is 1. The highest BCUT2D eigenvalue weighted by atomic mass is 19.1. The molecule has 0 bridgehead atoms. The van der Waals surface area contributed by atoms with Crippen molar-refractivity contribution >= 4 is 11.4 Å². The summed E-state index contributed by atoms with van der Waals surface area (Å²) >= 11 is 0. The van der Waals surface area contributed by atoms with E-state index in [0.29, 0.717) is 19.0 Å². The zero-order valence-corrected chi connectivity index (χ0v) is 11.9. The van der Waals surface area contributed by atoms with E-state index in [1.54, 1.807) is 4.90 Å². The lowest BCUT2D eigenvalue weighted by molar-refractivity contribution is -0.385. The summed E-state index contributed by atoms with van der Waals surface area (Å²) in [6, 6.07) is 1.56. The Balaban J connectivity index is 2.22. The number of anilines is 1. The molecule has 1 aliphatic rings. The quantitative estimate of drug-likeness (QED) is 0.671. The fourth-order valence-corrected chi connectivity index (χ4v) is 2.73. The number of nitro benzene ring substituents is 1. The molecule has 0 aliphatic carbocycles. The van der Waals surface area contributed by atoms with Crippen molar-refractivity contribution in [2.24, 2.45) is 5.92 Å². The van der Waals surface area contributed by atoms with Crippen molar-refractivity contribution in [1.29, 1.82) is 0 Å². The maximum atomic E-state index is 14.1. The van der Waals surface area contributed by atoms with Crippen molar-refractivity contribution in [1.82, 2.24) is 5.32 Å². The Kier molecular flexibility index (Phi) is 5.06. The van der Waals surface area contributed by atoms with Crippen LogP contribution in [0.15, 0.2) is 12.1 Å². The minimum absolute atomic E-state index is 0.173. The number of hydrogen-bond acceptors (Lipinski definition) is 4. The van der Waals surface area contributed by atoms with Gasteiger partial charge in [0, 0.05) is 13.1 Å². The van der Waals surface area contributed by atoms with Gasteiger partial charge in [-0.05, 0) is 38.8 Å². The van der Waals surface area contributed by atoms with Gasteiger partial charge in [0.1, 0.15) is 5.69 Å². The van der Waals surface area contributed by atoms with Crippen LogP contribution in [0.25, 0.3) is 0 Å². The number of nitrogens with zero attached hydrogens (tertiary/aromatic N) is 2. The topological polar surface area (TPSA) is 58.4 Å². The van der Waals surface area contributed by atoms with E-state index >= 15 is 0 Å². The molecule has 1 aromatic rings. The SMILES string of the molecule is CCN(CC1CCCNC1)c1c(F)cc([N+](=O)[O-])cc1F. The Labute approximate surface area is 122 Å². The van der Waals surface area contributed by atoms with Gasteiger partial charge in [-0.3, -0.25) is 10.1 Å². The highest BCUT2D eigenvalue weighted by Gasteiger charge is 2.23. The molecule has 1 aromatic carbocycles. The van der Waals surface area contributed by atoms with Crippen LogP contribution in [-0.2, 0) is 0 Å². The molecule has 1 heterocycles. The summed E-state index contributed by atoms with van der Waals surface area (Å²) in [7, 11) is 0. The lowest BCUT2D eigenvalue weighted by atomic mass is 9.98. The molecule has 2 rings (SSSR count). The van der Waals surface area contributed by atoms with E-state index in [1.807, 2.05) is 6.92 Å². The smallest absolute Gasteiger partial charge is 0.275 e. The largest absolute Gasteiger partial charge is 0.367 e. The van der Waals surface area contributed by atoms with E-state index in [-0.39, 0.29) is 5.69 Å². The lowest BCUT2D eigenvalue weighted by Gasteiger charge is -2.31. The molecule has 116 valence electrons. The van der Waals surface area contributed by atoms with Crippen molar-refractivity contribution in [3.63, 3.8) is 0 Å². The molecule has 21 heavy (non-hydrogen) atoms. The normalized spacial score (nSPS) is 18.5. The third-order valence-electron chi connectivity index (χ3n) is 3.79. The maximum Gasteiger partial charge on any atom is 0.275 e. The van der Waals surface area contributed by atoms with Gasteiger partial charge in [0.25, 0.3) is 5.69 Å². The first-order valence-corrected chi connectivity index (χ1v) is 7.12. The summed E-state index contributed by atoms with van der Waals surface area (Å²) in [6.45, 7) is 4.60. The summed E-state index contributed by atoms with van der Waals surface area (Å²) in [5.41, 5.74) is -0.738. The molecule has 7 heteroatoms. The third-order valence-corrected chi connectivity index (χ3v) is 3.79. The summed E-state index contributed by atoms with van der Waals surface area (Å²) in [5.74, 6) is -1.44. The molecule has 0 spiro atoms. The number of benzene rings is 1. The molecule has 1 N–H and O–H groups in total. The Morgan fingerprint density at radius 3 is 2.57 bits per heavy atom. The van der Waals surface area contributed by atoms with Gasteiger partial charge in [-0.15, -0.1) is 0 Å². The highest BCUT2D eigenvalue weighted by Crippen LogP contribution is 2.29. The van der Waals surface area contributed by atoms with Crippen LogP contribution < -0.4 is 10.2 Å². The minimum atomic E-state index is -0.882. The Hall–Kier alpha value is -1.76. The molecular weight excluding hydrogens is 280 g/mol. The van der Waals surface area contributed by atoms with E-state index in [4.69, 9.17) is 0 Å². The van der Waals surface area contributed by atoms with Gasteiger partial charge in [-0.2, -0.15) is 0 Å². The van der Waals surface area contributed by atoms with Crippen molar-refractivity contribution in [3.8, 4) is 0 Å². The molecule has 0 amide bonds. The van der Waals surface area contributed by atoms with E-state index in [9.17, 15) is 18.9 Å². The molecule has 0 saturated carbocycles. The molecule has 1 atom stereocenters. The molecule has 0 radical (unpaired) electrons. The number of nitrogens with one attached hydrogen (secondary N) is 1. The standard InChI is InChI=1S/C14H19F2N3O2/c1-2-18(9-10-4-3-5-17-8-10)14-12(15)6-11(19(20)21)7-13(14)16/h6-7,10,17H,2-5,8-9H2,1H3. The summed E-state index contributed by atoms with van der Waals surface area (Å²) in [5, 5.41) is 13.9. The van der Waals surface area contributed by atoms with Crippen LogP contribution in [0.3, 0.4) is 0 Å². The maximum absolute atomic E-state index is 14.1. The van der Waals surface area contributed by atoms with Crippen LogP contribution in [-0.4, -0.2) is 31.1 Å².